The smallest absolute Gasteiger partial charge is 0.338 e. The third-order valence-corrected chi connectivity index (χ3v) is 6.59. The minimum Gasteiger partial charge on any atom is -0.458 e. The van der Waals surface area contributed by atoms with E-state index in [4.69, 9.17) is 4.74 Å². The minimum atomic E-state index is -0.369. The molecule has 0 amide bonds. The molecule has 0 saturated heterocycles. The zero-order chi connectivity index (χ0) is 25.5. The van der Waals surface area contributed by atoms with Crippen LogP contribution in [-0.2, 0) is 9.53 Å². The fraction of sp³-hybridized carbons (Fsp3) is 0.121. The summed E-state index contributed by atoms with van der Waals surface area (Å²) in [6.45, 7) is 3.89. The number of hydrogen-bond donors (Lipinski definition) is 1. The molecular weight excluding hydrogens is 456 g/mol. The highest BCUT2D eigenvalue weighted by molar-refractivity contribution is 5.93. The molecular formula is C33H30N2O2. The van der Waals surface area contributed by atoms with Gasteiger partial charge in [-0.05, 0) is 35.4 Å². The summed E-state index contributed by atoms with van der Waals surface area (Å²) in [5, 5.41) is 3.59. The van der Waals surface area contributed by atoms with Crippen LogP contribution < -0.4 is 10.2 Å². The molecule has 37 heavy (non-hydrogen) atoms. The Kier molecular flexibility index (Phi) is 7.47. The molecule has 4 nitrogen and oxygen atoms in total. The van der Waals surface area contributed by atoms with E-state index in [1.807, 2.05) is 72.8 Å². The standard InChI is InChI=1S/C33H30N2O2/c1-2-23-37-33(36)31-29(34-27-19-11-5-12-20-27)24-30(25-15-7-3-8-16-25)35(28-21-13-6-14-22-28)32(31)26-17-9-4-10-18-26/h2-22,30,32,34H,1,23-24H2/t30-,32+/m0/s1. The van der Waals surface area contributed by atoms with Crippen molar-refractivity contribution in [3.05, 3.63) is 156 Å². The molecule has 184 valence electrons. The Balaban J connectivity index is 1.75. The number of carbonyl (C=O) groups excluding carboxylic acids is 1. The quantitative estimate of drug-likeness (QED) is 0.207. The molecule has 0 aromatic heterocycles. The third-order valence-electron chi connectivity index (χ3n) is 6.59. The van der Waals surface area contributed by atoms with Crippen LogP contribution in [0, 0.1) is 0 Å². The summed E-state index contributed by atoms with van der Waals surface area (Å²) in [5.41, 5.74) is 5.63. The summed E-state index contributed by atoms with van der Waals surface area (Å²) < 4.78 is 5.69. The van der Waals surface area contributed by atoms with Crippen molar-refractivity contribution in [2.75, 3.05) is 16.8 Å². The van der Waals surface area contributed by atoms with Crippen molar-refractivity contribution >= 4 is 17.3 Å². The Morgan fingerprint density at radius 1 is 0.811 bits per heavy atom. The number of carbonyl (C=O) groups is 1. The second-order valence-corrected chi connectivity index (χ2v) is 8.96. The van der Waals surface area contributed by atoms with Crippen LogP contribution in [0.5, 0.6) is 0 Å². The lowest BCUT2D eigenvalue weighted by Gasteiger charge is -2.46. The van der Waals surface area contributed by atoms with Crippen LogP contribution in [0.4, 0.5) is 11.4 Å². The molecule has 1 aliphatic heterocycles. The van der Waals surface area contributed by atoms with Crippen LogP contribution in [0.1, 0.15) is 29.6 Å². The van der Waals surface area contributed by atoms with Crippen molar-refractivity contribution in [1.82, 2.24) is 0 Å². The van der Waals surface area contributed by atoms with E-state index in [1.54, 1.807) is 6.08 Å². The number of nitrogens with one attached hydrogen (secondary N) is 1. The largest absolute Gasteiger partial charge is 0.458 e. The molecule has 0 saturated carbocycles. The maximum absolute atomic E-state index is 13.8. The van der Waals surface area contributed by atoms with E-state index in [0.29, 0.717) is 12.0 Å². The zero-order valence-electron chi connectivity index (χ0n) is 20.7. The predicted molar refractivity (Wildman–Crippen MR) is 150 cm³/mol. The van der Waals surface area contributed by atoms with Crippen LogP contribution in [0.3, 0.4) is 0 Å². The first kappa shape index (κ1) is 24.1. The van der Waals surface area contributed by atoms with Gasteiger partial charge in [0, 0.05) is 23.5 Å². The van der Waals surface area contributed by atoms with Crippen molar-refractivity contribution < 1.29 is 9.53 Å². The van der Waals surface area contributed by atoms with Gasteiger partial charge in [-0.1, -0.05) is 110 Å². The Labute approximate surface area is 218 Å². The lowest BCUT2D eigenvalue weighted by atomic mass is 9.84. The first-order valence-corrected chi connectivity index (χ1v) is 12.5. The zero-order valence-corrected chi connectivity index (χ0v) is 20.7. The number of nitrogens with zero attached hydrogens (tertiary/aromatic N) is 1. The maximum atomic E-state index is 13.8. The highest BCUT2D eigenvalue weighted by atomic mass is 16.5. The van der Waals surface area contributed by atoms with E-state index < -0.39 is 0 Å². The normalized spacial score (nSPS) is 17.2. The summed E-state index contributed by atoms with van der Waals surface area (Å²) in [7, 11) is 0. The molecule has 0 fully saturated rings. The first-order chi connectivity index (χ1) is 18.3. The molecule has 5 rings (SSSR count). The average Bonchev–Trinajstić information content (AvgIpc) is 2.97. The minimum absolute atomic E-state index is 0.0176. The van der Waals surface area contributed by atoms with E-state index in [9.17, 15) is 4.79 Å². The lowest BCUT2D eigenvalue weighted by molar-refractivity contribution is -0.138. The Morgan fingerprint density at radius 3 is 1.95 bits per heavy atom. The molecule has 4 aromatic rings. The number of ether oxygens (including phenoxy) is 1. The fourth-order valence-corrected chi connectivity index (χ4v) is 4.99. The molecule has 0 unspecified atom stereocenters. The predicted octanol–water partition coefficient (Wildman–Crippen LogP) is 7.47. The third kappa shape index (κ3) is 5.34. The van der Waals surface area contributed by atoms with Gasteiger partial charge in [0.05, 0.1) is 17.7 Å². The van der Waals surface area contributed by atoms with Crippen molar-refractivity contribution in [2.45, 2.75) is 18.5 Å². The number of hydrogen-bond acceptors (Lipinski definition) is 4. The van der Waals surface area contributed by atoms with E-state index >= 15 is 0 Å². The fourth-order valence-electron chi connectivity index (χ4n) is 4.99. The molecule has 0 aliphatic carbocycles. The summed E-state index contributed by atoms with van der Waals surface area (Å²) in [6.07, 6.45) is 2.21. The van der Waals surface area contributed by atoms with E-state index in [-0.39, 0.29) is 24.7 Å². The van der Waals surface area contributed by atoms with E-state index in [0.717, 1.165) is 22.6 Å². The molecule has 4 heteroatoms. The number of rotatable bonds is 8. The van der Waals surface area contributed by atoms with Gasteiger partial charge in [0.15, 0.2) is 0 Å². The highest BCUT2D eigenvalue weighted by Crippen LogP contribution is 2.48. The van der Waals surface area contributed by atoms with E-state index in [1.165, 1.54) is 5.56 Å². The van der Waals surface area contributed by atoms with Crippen LogP contribution in [0.2, 0.25) is 0 Å². The SMILES string of the molecule is C=CCOC(=O)C1=C(Nc2ccccc2)C[C@@H](c2ccccc2)N(c2ccccc2)[C@@H]1c1ccccc1. The van der Waals surface area contributed by atoms with Crippen LogP contribution in [0.15, 0.2) is 145 Å². The first-order valence-electron chi connectivity index (χ1n) is 12.5. The second kappa shape index (κ2) is 11.4. The highest BCUT2D eigenvalue weighted by Gasteiger charge is 2.41. The Morgan fingerprint density at radius 2 is 1.35 bits per heavy atom. The summed E-state index contributed by atoms with van der Waals surface area (Å²) >= 11 is 0. The number of anilines is 2. The average molecular weight is 487 g/mol. The molecule has 0 spiro atoms. The van der Waals surface area contributed by atoms with Crippen LogP contribution in [0.25, 0.3) is 0 Å². The summed E-state index contributed by atoms with van der Waals surface area (Å²) in [5.74, 6) is -0.348. The Bertz CT molecular complexity index is 1350. The molecule has 0 radical (unpaired) electrons. The number of para-hydroxylation sites is 2. The second-order valence-electron chi connectivity index (χ2n) is 8.96. The van der Waals surface area contributed by atoms with E-state index in [2.05, 4.69) is 65.3 Å². The summed E-state index contributed by atoms with van der Waals surface area (Å²) in [4.78, 5) is 16.1. The van der Waals surface area contributed by atoms with Gasteiger partial charge in [-0.2, -0.15) is 0 Å². The van der Waals surface area contributed by atoms with Crippen molar-refractivity contribution in [3.63, 3.8) is 0 Å². The van der Waals surface area contributed by atoms with Gasteiger partial charge >= 0.3 is 5.97 Å². The monoisotopic (exact) mass is 486 g/mol. The van der Waals surface area contributed by atoms with Crippen molar-refractivity contribution in [1.29, 1.82) is 0 Å². The lowest BCUT2D eigenvalue weighted by Crippen LogP contribution is -2.41. The topological polar surface area (TPSA) is 41.6 Å². The molecule has 0 bridgehead atoms. The van der Waals surface area contributed by atoms with Gasteiger partial charge in [-0.15, -0.1) is 0 Å². The van der Waals surface area contributed by atoms with Crippen molar-refractivity contribution in [3.8, 4) is 0 Å². The van der Waals surface area contributed by atoms with Gasteiger partial charge < -0.3 is 15.0 Å². The maximum Gasteiger partial charge on any atom is 0.338 e. The summed E-state index contributed by atoms with van der Waals surface area (Å²) in [6, 6.07) is 40.6. The van der Waals surface area contributed by atoms with Gasteiger partial charge in [0.25, 0.3) is 0 Å². The molecule has 2 atom stereocenters. The van der Waals surface area contributed by atoms with Crippen molar-refractivity contribution in [2.24, 2.45) is 0 Å². The van der Waals surface area contributed by atoms with Gasteiger partial charge in [-0.25, -0.2) is 4.79 Å². The Hall–Kier alpha value is -4.57. The van der Waals surface area contributed by atoms with Gasteiger partial charge in [0.2, 0.25) is 0 Å². The molecule has 1 heterocycles. The molecule has 1 aliphatic rings. The van der Waals surface area contributed by atoms with Crippen LogP contribution in [-0.4, -0.2) is 12.6 Å². The van der Waals surface area contributed by atoms with Gasteiger partial charge in [0.1, 0.15) is 6.61 Å². The molecule has 4 aromatic carbocycles. The molecule has 1 N–H and O–H groups in total. The number of benzene rings is 4. The van der Waals surface area contributed by atoms with Crippen LogP contribution >= 0.6 is 0 Å². The number of esters is 1. The van der Waals surface area contributed by atoms with Gasteiger partial charge in [-0.3, -0.25) is 0 Å².